The molecule has 0 aliphatic heterocycles. The molecule has 5 heteroatoms. The average Bonchev–Trinajstić information content (AvgIpc) is 2.79. The fraction of sp³-hybridized carbons (Fsp3) is 0.148. The molecule has 1 amide bonds. The van der Waals surface area contributed by atoms with Gasteiger partial charge in [-0.3, -0.25) is 4.79 Å². The third-order valence-electron chi connectivity index (χ3n) is 5.23. The van der Waals surface area contributed by atoms with Gasteiger partial charge in [0.1, 0.15) is 5.82 Å². The number of benzene rings is 3. The van der Waals surface area contributed by atoms with Crippen LogP contribution in [0.4, 0.5) is 4.39 Å². The minimum absolute atomic E-state index is 0.147. The number of aromatic amines is 1. The molecular weight excluding hydrogens is 401 g/mol. The van der Waals surface area contributed by atoms with E-state index in [0.29, 0.717) is 17.5 Å². The second-order valence-electron chi connectivity index (χ2n) is 7.84. The predicted molar refractivity (Wildman–Crippen MR) is 122 cm³/mol. The van der Waals surface area contributed by atoms with Gasteiger partial charge in [0.2, 0.25) is 0 Å². The zero-order valence-corrected chi connectivity index (χ0v) is 17.9. The summed E-state index contributed by atoms with van der Waals surface area (Å²) in [7, 11) is 0. The Labute approximate surface area is 187 Å². The van der Waals surface area contributed by atoms with Crippen LogP contribution in [0.2, 0.25) is 0 Å². The van der Waals surface area contributed by atoms with E-state index in [4.69, 9.17) is 4.98 Å². The van der Waals surface area contributed by atoms with Gasteiger partial charge in [-0.2, -0.15) is 0 Å². The Morgan fingerprint density at radius 2 is 1.72 bits per heavy atom. The van der Waals surface area contributed by atoms with Crippen LogP contribution in [0.25, 0.3) is 0 Å². The second-order valence-corrected chi connectivity index (χ2v) is 7.84. The first-order valence-corrected chi connectivity index (χ1v) is 10.6. The molecule has 4 rings (SSSR count). The number of halogens is 1. The van der Waals surface area contributed by atoms with E-state index in [0.717, 1.165) is 23.5 Å². The van der Waals surface area contributed by atoms with Crippen molar-refractivity contribution in [3.63, 3.8) is 0 Å². The largest absolute Gasteiger partial charge is 0.348 e. The molecule has 0 saturated carbocycles. The molecule has 0 fully saturated rings. The Balaban J connectivity index is 1.42. The number of nitrogens with one attached hydrogen (secondary N) is 2. The SMILES string of the molecule is Cc1cccc(Cc2nc(Cc3cccc(C(=O)NCc4ccccc4F)c3)cc[nH+]2)c1. The summed E-state index contributed by atoms with van der Waals surface area (Å²) in [5.41, 5.74) is 5.35. The van der Waals surface area contributed by atoms with Gasteiger partial charge in [0.15, 0.2) is 5.69 Å². The highest BCUT2D eigenvalue weighted by atomic mass is 19.1. The smallest absolute Gasteiger partial charge is 0.300 e. The third-order valence-corrected chi connectivity index (χ3v) is 5.23. The Bertz CT molecular complexity index is 1240. The number of aryl methyl sites for hydroxylation is 1. The van der Waals surface area contributed by atoms with Crippen molar-refractivity contribution in [2.75, 3.05) is 0 Å². The molecule has 0 spiro atoms. The molecule has 160 valence electrons. The number of H-pyrrole nitrogens is 1. The molecule has 2 N–H and O–H groups in total. The van der Waals surface area contributed by atoms with E-state index in [1.165, 1.54) is 17.2 Å². The summed E-state index contributed by atoms with van der Waals surface area (Å²) in [6.07, 6.45) is 3.25. The van der Waals surface area contributed by atoms with Crippen molar-refractivity contribution in [1.82, 2.24) is 10.3 Å². The molecule has 32 heavy (non-hydrogen) atoms. The van der Waals surface area contributed by atoms with Crippen LogP contribution >= 0.6 is 0 Å². The van der Waals surface area contributed by atoms with Crippen molar-refractivity contribution >= 4 is 5.91 Å². The summed E-state index contributed by atoms with van der Waals surface area (Å²) in [6.45, 7) is 2.23. The molecule has 0 bridgehead atoms. The first-order chi connectivity index (χ1) is 15.6. The Kier molecular flexibility index (Phi) is 6.66. The van der Waals surface area contributed by atoms with Crippen LogP contribution in [-0.2, 0) is 19.4 Å². The zero-order valence-electron chi connectivity index (χ0n) is 17.9. The number of hydrogen-bond donors (Lipinski definition) is 1. The van der Waals surface area contributed by atoms with E-state index in [1.54, 1.807) is 24.3 Å². The highest BCUT2D eigenvalue weighted by Crippen LogP contribution is 2.12. The van der Waals surface area contributed by atoms with Crippen molar-refractivity contribution in [2.45, 2.75) is 26.3 Å². The van der Waals surface area contributed by atoms with Crippen LogP contribution in [0.3, 0.4) is 0 Å². The molecule has 0 radical (unpaired) electrons. The van der Waals surface area contributed by atoms with Gasteiger partial charge in [0.25, 0.3) is 5.91 Å². The van der Waals surface area contributed by atoms with Gasteiger partial charge in [0.05, 0.1) is 12.6 Å². The third kappa shape index (κ3) is 5.64. The molecular formula is C27H25FN3O+. The summed E-state index contributed by atoms with van der Waals surface area (Å²) in [5.74, 6) is 0.339. The highest BCUT2D eigenvalue weighted by Gasteiger charge is 2.12. The van der Waals surface area contributed by atoms with Crippen LogP contribution in [0.5, 0.6) is 0 Å². The minimum Gasteiger partial charge on any atom is -0.348 e. The van der Waals surface area contributed by atoms with E-state index < -0.39 is 0 Å². The fourth-order valence-corrected chi connectivity index (χ4v) is 3.63. The lowest BCUT2D eigenvalue weighted by atomic mass is 10.1. The molecule has 3 aromatic carbocycles. The van der Waals surface area contributed by atoms with Gasteiger partial charge in [-0.15, -0.1) is 0 Å². The molecule has 0 aliphatic carbocycles. The maximum Gasteiger partial charge on any atom is 0.300 e. The first kappa shape index (κ1) is 21.4. The van der Waals surface area contributed by atoms with Crippen LogP contribution in [-0.4, -0.2) is 10.9 Å². The molecule has 1 aromatic heterocycles. The van der Waals surface area contributed by atoms with Crippen molar-refractivity contribution < 1.29 is 14.2 Å². The fourth-order valence-electron chi connectivity index (χ4n) is 3.63. The van der Waals surface area contributed by atoms with Gasteiger partial charge >= 0.3 is 5.82 Å². The van der Waals surface area contributed by atoms with E-state index >= 15 is 0 Å². The molecule has 0 atom stereocenters. The quantitative estimate of drug-likeness (QED) is 0.475. The topological polar surface area (TPSA) is 56.1 Å². The van der Waals surface area contributed by atoms with Crippen molar-refractivity contribution in [3.05, 3.63) is 130 Å². The lowest BCUT2D eigenvalue weighted by Gasteiger charge is -2.07. The normalized spacial score (nSPS) is 10.7. The predicted octanol–water partition coefficient (Wildman–Crippen LogP) is 4.45. The summed E-state index contributed by atoms with van der Waals surface area (Å²) < 4.78 is 13.8. The molecule has 1 heterocycles. The minimum atomic E-state index is -0.324. The standard InChI is InChI=1S/C27H24FN3O/c1-19-6-4-7-20(14-19)17-26-29-13-12-24(31-26)16-21-8-5-10-22(15-21)27(32)30-18-23-9-2-3-11-25(23)28/h2-15H,16-18H2,1H3,(H,30,32)/p+1. The Morgan fingerprint density at radius 1 is 0.938 bits per heavy atom. The van der Waals surface area contributed by atoms with Gasteiger partial charge in [0, 0.05) is 30.2 Å². The molecule has 0 aliphatic rings. The molecule has 4 nitrogen and oxygen atoms in total. The summed E-state index contributed by atoms with van der Waals surface area (Å²) >= 11 is 0. The van der Waals surface area contributed by atoms with Crippen molar-refractivity contribution in [1.29, 1.82) is 0 Å². The van der Waals surface area contributed by atoms with E-state index in [9.17, 15) is 9.18 Å². The first-order valence-electron chi connectivity index (χ1n) is 10.6. The summed E-state index contributed by atoms with van der Waals surface area (Å²) in [6, 6.07) is 24.2. The number of aromatic nitrogens is 2. The summed E-state index contributed by atoms with van der Waals surface area (Å²) in [5, 5.41) is 2.79. The molecule has 4 aromatic rings. The second kappa shape index (κ2) is 9.96. The Hall–Kier alpha value is -3.86. The molecule has 0 unspecified atom stereocenters. The zero-order chi connectivity index (χ0) is 22.3. The number of carbonyl (C=O) groups is 1. The van der Waals surface area contributed by atoms with Gasteiger partial charge < -0.3 is 5.32 Å². The van der Waals surface area contributed by atoms with E-state index in [-0.39, 0.29) is 18.3 Å². The van der Waals surface area contributed by atoms with E-state index in [2.05, 4.69) is 41.5 Å². The van der Waals surface area contributed by atoms with Crippen LogP contribution in [0.1, 0.15) is 44.1 Å². The lowest BCUT2D eigenvalue weighted by molar-refractivity contribution is -0.394. The number of amides is 1. The number of nitrogens with zero attached hydrogens (tertiary/aromatic N) is 1. The maximum atomic E-state index is 13.8. The van der Waals surface area contributed by atoms with Gasteiger partial charge in [-0.05, 0) is 36.2 Å². The average molecular weight is 427 g/mol. The van der Waals surface area contributed by atoms with Crippen molar-refractivity contribution in [2.24, 2.45) is 0 Å². The van der Waals surface area contributed by atoms with Crippen LogP contribution in [0.15, 0.2) is 85.1 Å². The van der Waals surface area contributed by atoms with Crippen LogP contribution in [0, 0.1) is 12.7 Å². The number of hydrogen-bond acceptors (Lipinski definition) is 2. The highest BCUT2D eigenvalue weighted by molar-refractivity contribution is 5.94. The Morgan fingerprint density at radius 3 is 2.53 bits per heavy atom. The monoisotopic (exact) mass is 426 g/mol. The number of carbonyl (C=O) groups excluding carboxylic acids is 1. The maximum absolute atomic E-state index is 13.8. The summed E-state index contributed by atoms with van der Waals surface area (Å²) in [4.78, 5) is 20.5. The number of rotatable bonds is 7. The van der Waals surface area contributed by atoms with Gasteiger partial charge in [-0.1, -0.05) is 65.1 Å². The molecule has 0 saturated heterocycles. The lowest BCUT2D eigenvalue weighted by Crippen LogP contribution is -2.23. The van der Waals surface area contributed by atoms with Crippen molar-refractivity contribution in [3.8, 4) is 0 Å². The van der Waals surface area contributed by atoms with E-state index in [1.807, 2.05) is 30.5 Å². The van der Waals surface area contributed by atoms with Gasteiger partial charge in [-0.25, -0.2) is 9.37 Å². The van der Waals surface area contributed by atoms with Crippen LogP contribution < -0.4 is 10.3 Å².